The van der Waals surface area contributed by atoms with Gasteiger partial charge in [0.05, 0.1) is 0 Å². The molecule has 0 aromatic heterocycles. The van der Waals surface area contributed by atoms with Crippen molar-refractivity contribution >= 4 is 27.5 Å². The monoisotopic (exact) mass is 335 g/mol. The van der Waals surface area contributed by atoms with Crippen LogP contribution in [0.1, 0.15) is 32.8 Å². The van der Waals surface area contributed by atoms with E-state index in [9.17, 15) is 4.39 Å². The van der Waals surface area contributed by atoms with Crippen molar-refractivity contribution in [3.05, 3.63) is 34.1 Å². The quantitative estimate of drug-likeness (QED) is 0.767. The zero-order chi connectivity index (χ0) is 13.8. The van der Waals surface area contributed by atoms with Crippen LogP contribution in [0.3, 0.4) is 0 Å². The molecule has 1 unspecified atom stereocenters. The van der Waals surface area contributed by atoms with Crippen molar-refractivity contribution in [3.63, 3.8) is 0 Å². The molecule has 1 nitrogen and oxygen atoms in total. The third-order valence-corrected chi connectivity index (χ3v) is 3.71. The van der Waals surface area contributed by atoms with Crippen molar-refractivity contribution < 1.29 is 4.39 Å². The summed E-state index contributed by atoms with van der Waals surface area (Å²) in [4.78, 5) is 0. The van der Waals surface area contributed by atoms with Gasteiger partial charge in [0.25, 0.3) is 0 Å². The molecule has 1 rings (SSSR count). The molecule has 1 N–H and O–H groups in total. The predicted molar refractivity (Wildman–Crippen MR) is 79.5 cm³/mol. The summed E-state index contributed by atoms with van der Waals surface area (Å²) in [7, 11) is 0. The van der Waals surface area contributed by atoms with E-state index in [4.69, 9.17) is 11.6 Å². The van der Waals surface area contributed by atoms with E-state index >= 15 is 0 Å². The average molecular weight is 337 g/mol. The first-order valence-electron chi connectivity index (χ1n) is 6.08. The highest BCUT2D eigenvalue weighted by Crippen LogP contribution is 2.23. The summed E-state index contributed by atoms with van der Waals surface area (Å²) >= 11 is 9.07. The van der Waals surface area contributed by atoms with Crippen LogP contribution in [0, 0.1) is 11.2 Å². The van der Waals surface area contributed by atoms with E-state index in [-0.39, 0.29) is 17.3 Å². The van der Waals surface area contributed by atoms with E-state index in [0.717, 1.165) is 10.9 Å². The number of benzene rings is 1. The highest BCUT2D eigenvalue weighted by molar-refractivity contribution is 9.10. The average Bonchev–Trinajstić information content (AvgIpc) is 2.24. The first-order valence-corrected chi connectivity index (χ1v) is 7.40. The van der Waals surface area contributed by atoms with Gasteiger partial charge in [-0.2, -0.15) is 0 Å². The van der Waals surface area contributed by atoms with Crippen LogP contribution in [0.2, 0.25) is 0 Å². The lowest BCUT2D eigenvalue weighted by atomic mass is 9.85. The second kappa shape index (κ2) is 6.88. The van der Waals surface area contributed by atoms with Gasteiger partial charge in [0, 0.05) is 28.5 Å². The van der Waals surface area contributed by atoms with Gasteiger partial charge in [0.2, 0.25) is 0 Å². The van der Waals surface area contributed by atoms with E-state index in [0.29, 0.717) is 18.0 Å². The Bertz CT molecular complexity index is 390. The number of rotatable bonds is 5. The lowest BCUT2D eigenvalue weighted by Gasteiger charge is -2.31. The lowest BCUT2D eigenvalue weighted by molar-refractivity contribution is 0.259. The summed E-state index contributed by atoms with van der Waals surface area (Å²) in [5.41, 5.74) is 0.794. The third kappa shape index (κ3) is 4.87. The second-order valence-electron chi connectivity index (χ2n) is 5.51. The van der Waals surface area contributed by atoms with Crippen molar-refractivity contribution in [3.8, 4) is 0 Å². The largest absolute Gasteiger partial charge is 0.309 e. The van der Waals surface area contributed by atoms with Crippen molar-refractivity contribution in [2.75, 3.05) is 5.88 Å². The van der Waals surface area contributed by atoms with Crippen molar-refractivity contribution in [1.82, 2.24) is 5.32 Å². The van der Waals surface area contributed by atoms with Crippen LogP contribution in [-0.2, 0) is 6.54 Å². The van der Waals surface area contributed by atoms with Gasteiger partial charge in [-0.1, -0.05) is 42.8 Å². The molecule has 0 aliphatic heterocycles. The molecule has 0 saturated heterocycles. The maximum atomic E-state index is 13.7. The number of hydrogen-bond acceptors (Lipinski definition) is 1. The fraction of sp³-hybridized carbons (Fsp3) is 0.571. The van der Waals surface area contributed by atoms with Crippen LogP contribution >= 0.6 is 27.5 Å². The van der Waals surface area contributed by atoms with Crippen LogP contribution in [0.15, 0.2) is 22.7 Å². The van der Waals surface area contributed by atoms with Gasteiger partial charge in [-0.25, -0.2) is 4.39 Å². The van der Waals surface area contributed by atoms with Gasteiger partial charge < -0.3 is 5.32 Å². The van der Waals surface area contributed by atoms with Gasteiger partial charge in [-0.15, -0.1) is 11.6 Å². The molecule has 0 bridgehead atoms. The van der Waals surface area contributed by atoms with E-state index in [1.807, 2.05) is 6.07 Å². The molecular formula is C14H20BrClFN. The smallest absolute Gasteiger partial charge is 0.128 e. The molecule has 0 radical (unpaired) electrons. The van der Waals surface area contributed by atoms with E-state index in [1.165, 1.54) is 6.07 Å². The maximum absolute atomic E-state index is 13.7. The Morgan fingerprint density at radius 1 is 1.39 bits per heavy atom. The molecule has 0 spiro atoms. The summed E-state index contributed by atoms with van der Waals surface area (Å²) in [5.74, 6) is 0.424. The molecule has 0 aliphatic rings. The summed E-state index contributed by atoms with van der Waals surface area (Å²) in [6.07, 6.45) is 0.878. The Hall–Kier alpha value is -0.120. The second-order valence-corrected chi connectivity index (χ2v) is 6.81. The normalized spacial score (nSPS) is 13.7. The minimum atomic E-state index is -0.185. The van der Waals surface area contributed by atoms with Crippen LogP contribution < -0.4 is 5.32 Å². The molecule has 4 heteroatoms. The summed E-state index contributed by atoms with van der Waals surface area (Å²) < 4.78 is 14.4. The van der Waals surface area contributed by atoms with Gasteiger partial charge in [0.1, 0.15) is 5.82 Å². The molecule has 18 heavy (non-hydrogen) atoms. The third-order valence-electron chi connectivity index (χ3n) is 3.00. The zero-order valence-electron chi connectivity index (χ0n) is 11.1. The molecule has 0 fully saturated rings. The number of hydrogen-bond donors (Lipinski definition) is 1. The summed E-state index contributed by atoms with van der Waals surface area (Å²) in [6.45, 7) is 7.01. The molecule has 0 aliphatic carbocycles. The van der Waals surface area contributed by atoms with Crippen molar-refractivity contribution in [1.29, 1.82) is 0 Å². The number of nitrogens with one attached hydrogen (secondary N) is 1. The van der Waals surface area contributed by atoms with Crippen LogP contribution in [0.25, 0.3) is 0 Å². The summed E-state index contributed by atoms with van der Waals surface area (Å²) in [6, 6.07) is 5.42. The number of halogens is 3. The molecule has 1 atom stereocenters. The van der Waals surface area contributed by atoms with Gasteiger partial charge in [-0.3, -0.25) is 0 Å². The summed E-state index contributed by atoms with van der Waals surface area (Å²) in [5, 5.41) is 3.40. The highest BCUT2D eigenvalue weighted by Gasteiger charge is 2.23. The standard InChI is InChI=1S/C14H20BrClFN/c1-14(2,3)13(6-7-16)18-9-10-4-5-11(15)8-12(10)17/h4-5,8,13,18H,6-7,9H2,1-3H3. The molecule has 102 valence electrons. The molecule has 0 heterocycles. The maximum Gasteiger partial charge on any atom is 0.128 e. The Morgan fingerprint density at radius 3 is 2.56 bits per heavy atom. The Balaban J connectivity index is 2.67. The zero-order valence-corrected chi connectivity index (χ0v) is 13.4. The van der Waals surface area contributed by atoms with E-state index in [1.54, 1.807) is 6.07 Å². The SMILES string of the molecule is CC(C)(C)C(CCCl)NCc1ccc(Br)cc1F. The first kappa shape index (κ1) is 15.9. The fourth-order valence-electron chi connectivity index (χ4n) is 1.85. The van der Waals surface area contributed by atoms with E-state index < -0.39 is 0 Å². The fourth-order valence-corrected chi connectivity index (χ4v) is 2.40. The van der Waals surface area contributed by atoms with Gasteiger partial charge >= 0.3 is 0 Å². The van der Waals surface area contributed by atoms with E-state index in [2.05, 4.69) is 42.0 Å². The van der Waals surface area contributed by atoms with Crippen molar-refractivity contribution in [2.45, 2.75) is 39.8 Å². The van der Waals surface area contributed by atoms with Crippen LogP contribution in [0.4, 0.5) is 4.39 Å². The first-order chi connectivity index (χ1) is 8.34. The van der Waals surface area contributed by atoms with Gasteiger partial charge in [0.15, 0.2) is 0 Å². The molecule has 0 amide bonds. The minimum Gasteiger partial charge on any atom is -0.309 e. The number of alkyl halides is 1. The topological polar surface area (TPSA) is 12.0 Å². The Kier molecular flexibility index (Phi) is 6.09. The Labute approximate surface area is 122 Å². The van der Waals surface area contributed by atoms with Gasteiger partial charge in [-0.05, 0) is 24.0 Å². The van der Waals surface area contributed by atoms with Crippen LogP contribution in [0.5, 0.6) is 0 Å². The molecule has 1 aromatic rings. The predicted octanol–water partition coefficient (Wildman–Crippen LogP) is 4.72. The highest BCUT2D eigenvalue weighted by atomic mass is 79.9. The van der Waals surface area contributed by atoms with Crippen LogP contribution in [-0.4, -0.2) is 11.9 Å². The molecular weight excluding hydrogens is 317 g/mol. The Morgan fingerprint density at radius 2 is 2.06 bits per heavy atom. The minimum absolute atomic E-state index is 0.112. The molecule has 1 aromatic carbocycles. The molecule has 0 saturated carbocycles. The lowest BCUT2D eigenvalue weighted by Crippen LogP contribution is -2.40. The van der Waals surface area contributed by atoms with Crippen molar-refractivity contribution in [2.24, 2.45) is 5.41 Å².